The topological polar surface area (TPSA) is 116 Å². The van der Waals surface area contributed by atoms with E-state index in [0.29, 0.717) is 0 Å². The molecule has 232 valence electrons. The van der Waals surface area contributed by atoms with E-state index in [0.717, 1.165) is 13.9 Å². The number of aromatic hydroxyl groups is 1. The summed E-state index contributed by atoms with van der Waals surface area (Å²) in [6.45, 7) is 1.48. The van der Waals surface area contributed by atoms with E-state index in [2.05, 4.69) is 0 Å². The van der Waals surface area contributed by atoms with Gasteiger partial charge in [-0.25, -0.2) is 50.4 Å². The highest BCUT2D eigenvalue weighted by Gasteiger charge is 2.76. The van der Waals surface area contributed by atoms with Crippen molar-refractivity contribution in [1.82, 2.24) is 13.9 Å². The number of hydrogen-bond donors (Lipinski definition) is 1. The van der Waals surface area contributed by atoms with Gasteiger partial charge in [0, 0.05) is 19.4 Å². The van der Waals surface area contributed by atoms with Gasteiger partial charge in [0.2, 0.25) is 5.82 Å². The maximum absolute atomic E-state index is 15.0. The van der Waals surface area contributed by atoms with Gasteiger partial charge in [-0.15, -0.1) is 23.2 Å². The summed E-state index contributed by atoms with van der Waals surface area (Å²) in [4.78, 5) is 48.5. The van der Waals surface area contributed by atoms with Crippen LogP contribution in [0.5, 0.6) is 11.5 Å². The van der Waals surface area contributed by atoms with Crippen molar-refractivity contribution in [3.63, 3.8) is 0 Å². The maximum atomic E-state index is 15.0. The molecule has 0 bridgehead atoms. The minimum absolute atomic E-state index is 0.0717. The van der Waals surface area contributed by atoms with Gasteiger partial charge in [0.05, 0.1) is 19.2 Å². The quantitative estimate of drug-likeness (QED) is 0.115. The zero-order chi connectivity index (χ0) is 32.2. The number of benzene rings is 2. The Labute approximate surface area is 253 Å². The predicted molar refractivity (Wildman–Crippen MR) is 144 cm³/mol. The minimum Gasteiger partial charge on any atom is -0.504 e. The van der Waals surface area contributed by atoms with Crippen LogP contribution in [-0.2, 0) is 23.2 Å². The molecule has 6 rings (SSSR count). The fourth-order valence-electron chi connectivity index (χ4n) is 6.29. The van der Waals surface area contributed by atoms with Gasteiger partial charge in [-0.3, -0.25) is 9.59 Å². The van der Waals surface area contributed by atoms with Crippen molar-refractivity contribution in [2.45, 2.75) is 41.6 Å². The van der Waals surface area contributed by atoms with E-state index in [4.69, 9.17) is 27.9 Å². The second kappa shape index (κ2) is 9.69. The molecule has 10 nitrogen and oxygen atoms in total. The van der Waals surface area contributed by atoms with E-state index < -0.39 is 86.1 Å². The summed E-state index contributed by atoms with van der Waals surface area (Å²) in [6.07, 6.45) is 0.749. The molecule has 2 aromatic carbocycles. The molecule has 0 radical (unpaired) electrons. The molecular formula is C27H19Cl2F5N4O6. The Morgan fingerprint density at radius 1 is 0.955 bits per heavy atom. The molecule has 44 heavy (non-hydrogen) atoms. The lowest BCUT2D eigenvalue weighted by atomic mass is 9.64. The SMILES string of the molecule is CCOc1cc([C@H]2C3=CCn4c(=O)n(C)c(=O)n4[C@@H]3C[C@@]3(Cl)C(=O)N(c4c(F)c(F)c(F)c(F)c4F)C(=O)[C@@]23Cl)ccc1O. The van der Waals surface area contributed by atoms with Crippen molar-refractivity contribution in [3.05, 3.63) is 85.5 Å². The summed E-state index contributed by atoms with van der Waals surface area (Å²) in [6, 6.07) is 2.48. The number of hydrogen-bond acceptors (Lipinski definition) is 6. The Morgan fingerprint density at radius 3 is 2.18 bits per heavy atom. The number of phenolic OH excluding ortho intramolecular Hbond substituents is 1. The van der Waals surface area contributed by atoms with E-state index >= 15 is 8.78 Å². The van der Waals surface area contributed by atoms with Crippen molar-refractivity contribution in [3.8, 4) is 11.5 Å². The van der Waals surface area contributed by atoms with Crippen LogP contribution >= 0.6 is 23.2 Å². The Morgan fingerprint density at radius 2 is 1.57 bits per heavy atom. The number of ether oxygens (including phenoxy) is 1. The zero-order valence-corrected chi connectivity index (χ0v) is 24.0. The van der Waals surface area contributed by atoms with Gasteiger partial charge in [-0.2, -0.15) is 0 Å². The molecule has 1 saturated heterocycles. The first kappa shape index (κ1) is 29.9. The van der Waals surface area contributed by atoms with Crippen LogP contribution in [0.15, 0.2) is 39.4 Å². The molecule has 0 spiro atoms. The van der Waals surface area contributed by atoms with Gasteiger partial charge in [0.15, 0.2) is 44.5 Å². The zero-order valence-electron chi connectivity index (χ0n) is 22.5. The van der Waals surface area contributed by atoms with Gasteiger partial charge >= 0.3 is 11.4 Å². The first-order valence-corrected chi connectivity index (χ1v) is 13.7. The maximum Gasteiger partial charge on any atom is 0.347 e. The molecule has 2 amide bonds. The van der Waals surface area contributed by atoms with Gasteiger partial charge < -0.3 is 9.84 Å². The summed E-state index contributed by atoms with van der Waals surface area (Å²) in [5, 5.41) is 10.3. The lowest BCUT2D eigenvalue weighted by Crippen LogP contribution is -2.59. The Hall–Kier alpha value is -4.11. The third-order valence-corrected chi connectivity index (χ3v) is 9.71. The highest BCUT2D eigenvalue weighted by Crippen LogP contribution is 2.64. The molecule has 4 atom stereocenters. The number of anilines is 1. The normalized spacial score (nSPS) is 25.9. The average molecular weight is 661 g/mol. The highest BCUT2D eigenvalue weighted by atomic mass is 35.5. The number of carbonyl (C=O) groups is 2. The van der Waals surface area contributed by atoms with Crippen LogP contribution in [0, 0.1) is 29.1 Å². The molecule has 0 unspecified atom stereocenters. The molecule has 2 aliphatic heterocycles. The number of phenols is 1. The Kier molecular flexibility index (Phi) is 6.60. The average Bonchev–Trinajstić information content (AvgIpc) is 3.30. The number of amides is 2. The molecule has 3 aliphatic rings. The van der Waals surface area contributed by atoms with E-state index in [-0.39, 0.29) is 40.7 Å². The summed E-state index contributed by atoms with van der Waals surface area (Å²) in [5.41, 5.74) is -3.19. The van der Waals surface area contributed by atoms with Crippen LogP contribution in [0.25, 0.3) is 0 Å². The molecule has 1 aliphatic carbocycles. The highest BCUT2D eigenvalue weighted by molar-refractivity contribution is 6.58. The molecule has 2 fully saturated rings. The molecular weight excluding hydrogens is 642 g/mol. The molecule has 3 heterocycles. The number of nitrogens with zero attached hydrogens (tertiary/aromatic N) is 4. The number of carbonyl (C=O) groups excluding carboxylic acids is 2. The number of aromatic nitrogens is 3. The lowest BCUT2D eigenvalue weighted by molar-refractivity contribution is -0.122. The second-order valence-electron chi connectivity index (χ2n) is 10.4. The van der Waals surface area contributed by atoms with E-state index in [1.165, 1.54) is 31.3 Å². The summed E-state index contributed by atoms with van der Waals surface area (Å²) >= 11 is 14.0. The lowest BCUT2D eigenvalue weighted by Gasteiger charge is -2.49. The van der Waals surface area contributed by atoms with Gasteiger partial charge in [-0.1, -0.05) is 12.1 Å². The number of imide groups is 1. The van der Waals surface area contributed by atoms with Crippen LogP contribution in [0.3, 0.4) is 0 Å². The van der Waals surface area contributed by atoms with Crippen molar-refractivity contribution in [2.24, 2.45) is 7.05 Å². The minimum atomic E-state index is -2.70. The van der Waals surface area contributed by atoms with Crippen molar-refractivity contribution < 1.29 is 41.4 Å². The molecule has 1 N–H and O–H groups in total. The first-order chi connectivity index (χ1) is 20.6. The van der Waals surface area contributed by atoms with Crippen LogP contribution in [0.1, 0.15) is 30.9 Å². The van der Waals surface area contributed by atoms with Crippen molar-refractivity contribution >= 4 is 40.7 Å². The summed E-state index contributed by atoms with van der Waals surface area (Å²) < 4.78 is 80.7. The van der Waals surface area contributed by atoms with E-state index in [1.807, 2.05) is 0 Å². The number of halogens is 7. The van der Waals surface area contributed by atoms with Crippen LogP contribution in [0.2, 0.25) is 0 Å². The number of rotatable bonds is 4. The summed E-state index contributed by atoms with van der Waals surface area (Å²) in [5.74, 6) is -17.5. The molecule has 17 heteroatoms. The number of alkyl halides is 2. The van der Waals surface area contributed by atoms with Crippen molar-refractivity contribution in [1.29, 1.82) is 0 Å². The third-order valence-electron chi connectivity index (χ3n) is 8.30. The number of fused-ring (bicyclic) bond motifs is 4. The molecule has 1 aromatic heterocycles. The fraction of sp³-hybridized carbons (Fsp3) is 0.333. The molecule has 3 aromatic rings. The predicted octanol–water partition coefficient (Wildman–Crippen LogP) is 3.35. The van der Waals surface area contributed by atoms with Crippen LogP contribution < -0.4 is 21.0 Å². The summed E-state index contributed by atoms with van der Waals surface area (Å²) in [7, 11) is 1.20. The van der Waals surface area contributed by atoms with Crippen LogP contribution in [0.4, 0.5) is 27.6 Å². The van der Waals surface area contributed by atoms with Gasteiger partial charge in [-0.05, 0) is 30.2 Å². The van der Waals surface area contributed by atoms with Gasteiger partial charge in [0.25, 0.3) is 11.8 Å². The Bertz CT molecular complexity index is 1950. The largest absolute Gasteiger partial charge is 0.504 e. The third kappa shape index (κ3) is 3.53. The fourth-order valence-corrected chi connectivity index (χ4v) is 7.21. The first-order valence-electron chi connectivity index (χ1n) is 13.0. The number of allylic oxidation sites excluding steroid dienone is 2. The Balaban J connectivity index is 1.66. The van der Waals surface area contributed by atoms with Crippen LogP contribution in [-0.4, -0.2) is 47.2 Å². The molecule has 1 saturated carbocycles. The second-order valence-corrected chi connectivity index (χ2v) is 11.7. The van der Waals surface area contributed by atoms with E-state index in [1.54, 1.807) is 6.92 Å². The standard InChI is InChI=1S/C27H19Cl2F5N4O6/c1-3-44-14-8-10(4-5-13(14)39)15-11-6-7-36-24(42)35(2)25(43)38(36)12(11)9-26(28)22(40)37(23(41)27(15,26)29)21-19(33)17(31)16(30)18(32)20(21)34/h4-6,8,12,15,39H,3,7,9H2,1-2H3/t12-,15+,26-,27+/m1/s1. The monoisotopic (exact) mass is 660 g/mol. The van der Waals surface area contributed by atoms with Gasteiger partial charge in [0.1, 0.15) is 5.69 Å². The smallest absolute Gasteiger partial charge is 0.347 e. The van der Waals surface area contributed by atoms with E-state index in [9.17, 15) is 37.5 Å². The van der Waals surface area contributed by atoms with Crippen molar-refractivity contribution in [2.75, 3.05) is 11.5 Å².